The lowest BCUT2D eigenvalue weighted by Crippen LogP contribution is -2.24. The number of ketones is 1. The van der Waals surface area contributed by atoms with Crippen LogP contribution in [0.2, 0.25) is 5.02 Å². The first-order chi connectivity index (χ1) is 14.9. The highest BCUT2D eigenvalue weighted by atomic mass is 35.5. The summed E-state index contributed by atoms with van der Waals surface area (Å²) in [6, 6.07) is 11.6. The van der Waals surface area contributed by atoms with Gasteiger partial charge in [-0.15, -0.1) is 0 Å². The fourth-order valence-corrected chi connectivity index (χ4v) is 4.86. The second kappa shape index (κ2) is 10.8. The summed E-state index contributed by atoms with van der Waals surface area (Å²) in [4.78, 5) is 17.3. The zero-order valence-electron chi connectivity index (χ0n) is 16.5. The molecule has 6 nitrogen and oxygen atoms in total. The largest absolute Gasteiger partial charge is 0.362 e. The molecule has 0 spiro atoms. The Morgan fingerprint density at radius 3 is 2.48 bits per heavy atom. The van der Waals surface area contributed by atoms with Crippen LogP contribution >= 0.6 is 22.9 Å². The molecule has 0 amide bonds. The van der Waals surface area contributed by atoms with E-state index in [-0.39, 0.29) is 10.7 Å². The van der Waals surface area contributed by atoms with Crippen LogP contribution in [-0.4, -0.2) is 32.3 Å². The van der Waals surface area contributed by atoms with Crippen molar-refractivity contribution >= 4 is 43.9 Å². The van der Waals surface area contributed by atoms with Crippen molar-refractivity contribution < 1.29 is 17.6 Å². The molecule has 0 aliphatic rings. The summed E-state index contributed by atoms with van der Waals surface area (Å²) in [6.45, 7) is 0.950. The average Bonchev–Trinajstić information content (AvgIpc) is 3.22. The first-order valence-electron chi connectivity index (χ1n) is 9.61. The number of nitrogens with one attached hydrogen (secondary N) is 2. The Labute approximate surface area is 189 Å². The first-order valence-corrected chi connectivity index (χ1v) is 12.3. The van der Waals surface area contributed by atoms with Crippen molar-refractivity contribution in [3.8, 4) is 0 Å². The van der Waals surface area contributed by atoms with Gasteiger partial charge in [0.15, 0.2) is 5.13 Å². The molecule has 3 aromatic rings. The van der Waals surface area contributed by atoms with E-state index in [0.29, 0.717) is 40.1 Å². The highest BCUT2D eigenvalue weighted by Crippen LogP contribution is 2.24. The van der Waals surface area contributed by atoms with Gasteiger partial charge in [-0.05, 0) is 49.2 Å². The molecule has 0 radical (unpaired) electrons. The lowest BCUT2D eigenvalue weighted by Gasteiger charge is -2.07. The number of carbonyl (C=O) groups is 1. The number of thiazole rings is 1. The number of unbranched alkanes of at least 4 members (excludes halogenated alkanes) is 2. The quantitative estimate of drug-likeness (QED) is 0.305. The van der Waals surface area contributed by atoms with Crippen LogP contribution in [0.3, 0.4) is 0 Å². The van der Waals surface area contributed by atoms with E-state index in [1.54, 1.807) is 24.3 Å². The lowest BCUT2D eigenvalue weighted by molar-refractivity contribution is 0.104. The van der Waals surface area contributed by atoms with E-state index in [4.69, 9.17) is 11.6 Å². The van der Waals surface area contributed by atoms with Crippen LogP contribution in [0.4, 0.5) is 9.52 Å². The van der Waals surface area contributed by atoms with Crippen LogP contribution in [0.15, 0.2) is 59.6 Å². The van der Waals surface area contributed by atoms with Crippen LogP contribution < -0.4 is 10.0 Å². The second-order valence-corrected chi connectivity index (χ2v) is 9.88. The molecule has 0 saturated carbocycles. The van der Waals surface area contributed by atoms with Gasteiger partial charge >= 0.3 is 0 Å². The molecule has 0 unspecified atom stereocenters. The monoisotopic (exact) mass is 481 g/mol. The number of hydrogen-bond donors (Lipinski definition) is 2. The smallest absolute Gasteiger partial charge is 0.240 e. The molecule has 164 valence electrons. The predicted molar refractivity (Wildman–Crippen MR) is 121 cm³/mol. The maximum absolute atomic E-state index is 12.9. The molecule has 0 saturated heterocycles. The Kier molecular flexibility index (Phi) is 8.14. The van der Waals surface area contributed by atoms with E-state index < -0.39 is 15.8 Å². The molecular formula is C21H21ClFN3O3S2. The summed E-state index contributed by atoms with van der Waals surface area (Å²) < 4.78 is 39.6. The van der Waals surface area contributed by atoms with Crippen LogP contribution in [0.25, 0.3) is 0 Å². The SMILES string of the molecule is O=C(c1cnc(NCCCCCNS(=O)(=O)c2ccc(F)cc2)s1)c1ccccc1Cl. The van der Waals surface area contributed by atoms with Crippen molar-refractivity contribution in [3.63, 3.8) is 0 Å². The maximum Gasteiger partial charge on any atom is 0.240 e. The van der Waals surface area contributed by atoms with E-state index >= 15 is 0 Å². The van der Waals surface area contributed by atoms with Gasteiger partial charge in [0.25, 0.3) is 0 Å². The zero-order valence-corrected chi connectivity index (χ0v) is 18.9. The van der Waals surface area contributed by atoms with Crippen LogP contribution in [0, 0.1) is 5.82 Å². The van der Waals surface area contributed by atoms with Gasteiger partial charge in [-0.1, -0.05) is 41.5 Å². The highest BCUT2D eigenvalue weighted by Gasteiger charge is 2.16. The number of aromatic nitrogens is 1. The van der Waals surface area contributed by atoms with E-state index in [9.17, 15) is 17.6 Å². The van der Waals surface area contributed by atoms with Gasteiger partial charge < -0.3 is 5.32 Å². The van der Waals surface area contributed by atoms with Gasteiger partial charge in [-0.2, -0.15) is 0 Å². The van der Waals surface area contributed by atoms with E-state index in [0.717, 1.165) is 25.0 Å². The number of sulfonamides is 1. The molecule has 31 heavy (non-hydrogen) atoms. The molecule has 0 fully saturated rings. The number of anilines is 1. The third-order valence-electron chi connectivity index (χ3n) is 4.39. The van der Waals surface area contributed by atoms with E-state index in [1.165, 1.54) is 29.7 Å². The summed E-state index contributed by atoms with van der Waals surface area (Å²) >= 11 is 7.35. The summed E-state index contributed by atoms with van der Waals surface area (Å²) in [6.07, 6.45) is 3.81. The number of carbonyl (C=O) groups excluding carboxylic acids is 1. The third-order valence-corrected chi connectivity index (χ3v) is 7.15. The van der Waals surface area contributed by atoms with Crippen LogP contribution in [0.1, 0.15) is 34.5 Å². The number of hydrogen-bond acceptors (Lipinski definition) is 6. The standard InChI is InChI=1S/C21H21ClFN3O3S2/c22-18-7-3-2-6-17(18)20(27)19-14-25-21(30-19)24-12-4-1-5-13-26-31(28,29)16-10-8-15(23)9-11-16/h2-3,6-11,14,26H,1,4-5,12-13H2,(H,24,25). The Morgan fingerprint density at radius 1 is 1.03 bits per heavy atom. The van der Waals surface area contributed by atoms with Gasteiger partial charge in [0.1, 0.15) is 5.82 Å². The Hall–Kier alpha value is -2.33. The first kappa shape index (κ1) is 23.3. The summed E-state index contributed by atoms with van der Waals surface area (Å²) in [5.41, 5.74) is 0.447. The Balaban J connectivity index is 1.37. The molecule has 0 atom stereocenters. The average molecular weight is 482 g/mol. The van der Waals surface area contributed by atoms with Crippen molar-refractivity contribution in [1.29, 1.82) is 0 Å². The van der Waals surface area contributed by atoms with Gasteiger partial charge in [0.05, 0.1) is 21.0 Å². The number of nitrogens with zero attached hydrogens (tertiary/aromatic N) is 1. The minimum Gasteiger partial charge on any atom is -0.362 e. The number of rotatable bonds is 11. The number of benzene rings is 2. The molecule has 0 bridgehead atoms. The normalized spacial score (nSPS) is 11.4. The van der Waals surface area contributed by atoms with Gasteiger partial charge in [0.2, 0.25) is 15.8 Å². The second-order valence-electron chi connectivity index (χ2n) is 6.68. The summed E-state index contributed by atoms with van der Waals surface area (Å²) in [5, 5.41) is 4.23. The lowest BCUT2D eigenvalue weighted by atomic mass is 10.1. The topological polar surface area (TPSA) is 88.2 Å². The van der Waals surface area contributed by atoms with Crippen molar-refractivity contribution in [2.24, 2.45) is 0 Å². The molecule has 2 aromatic carbocycles. The third kappa shape index (κ3) is 6.57. The molecular weight excluding hydrogens is 461 g/mol. The van der Waals surface area contributed by atoms with Crippen molar-refractivity contribution in [1.82, 2.24) is 9.71 Å². The minimum atomic E-state index is -3.63. The molecule has 0 aliphatic heterocycles. The minimum absolute atomic E-state index is 0.0430. The predicted octanol–water partition coefficient (Wildman–Crippen LogP) is 4.73. The molecule has 2 N–H and O–H groups in total. The maximum atomic E-state index is 12.9. The molecule has 1 aromatic heterocycles. The van der Waals surface area contributed by atoms with E-state index in [2.05, 4.69) is 15.0 Å². The molecule has 10 heteroatoms. The molecule has 3 rings (SSSR count). The highest BCUT2D eigenvalue weighted by molar-refractivity contribution is 7.89. The fraction of sp³-hybridized carbons (Fsp3) is 0.238. The summed E-state index contributed by atoms with van der Waals surface area (Å²) in [7, 11) is -3.63. The molecule has 1 heterocycles. The fourth-order valence-electron chi connectivity index (χ4n) is 2.76. The van der Waals surface area contributed by atoms with Crippen molar-refractivity contribution in [3.05, 3.63) is 76.0 Å². The van der Waals surface area contributed by atoms with Crippen molar-refractivity contribution in [2.45, 2.75) is 24.2 Å². The molecule has 0 aliphatic carbocycles. The Bertz CT molecular complexity index is 1130. The van der Waals surface area contributed by atoms with Gasteiger partial charge in [-0.3, -0.25) is 4.79 Å². The zero-order chi connectivity index (χ0) is 22.3. The van der Waals surface area contributed by atoms with Crippen LogP contribution in [-0.2, 0) is 10.0 Å². The Morgan fingerprint density at radius 2 is 1.74 bits per heavy atom. The van der Waals surface area contributed by atoms with Gasteiger partial charge in [-0.25, -0.2) is 22.5 Å². The van der Waals surface area contributed by atoms with E-state index in [1.807, 2.05) is 0 Å². The summed E-state index contributed by atoms with van der Waals surface area (Å²) in [5.74, 6) is -0.642. The number of halogens is 2. The van der Waals surface area contributed by atoms with Crippen molar-refractivity contribution in [2.75, 3.05) is 18.4 Å². The van der Waals surface area contributed by atoms with Crippen LogP contribution in [0.5, 0.6) is 0 Å². The van der Waals surface area contributed by atoms with Gasteiger partial charge in [0, 0.05) is 18.7 Å².